The van der Waals surface area contributed by atoms with Crippen molar-refractivity contribution in [3.8, 4) is 0 Å². The average Bonchev–Trinajstić information content (AvgIpc) is 3.11. The monoisotopic (exact) mass is 599 g/mol. The van der Waals surface area contributed by atoms with Crippen molar-refractivity contribution < 1.29 is 18.9 Å². The van der Waals surface area contributed by atoms with Crippen LogP contribution < -0.4 is 4.90 Å². The minimum Gasteiger partial charge on any atom is -0.375 e. The van der Waals surface area contributed by atoms with E-state index < -0.39 is 0 Å². The number of benzene rings is 5. The van der Waals surface area contributed by atoms with Crippen molar-refractivity contribution in [3.05, 3.63) is 174 Å². The molecule has 1 aliphatic heterocycles. The maximum Gasteiger partial charge on any atom is 0.114 e. The third-order valence-electron chi connectivity index (χ3n) is 8.21. The van der Waals surface area contributed by atoms with Crippen molar-refractivity contribution >= 4 is 5.69 Å². The van der Waals surface area contributed by atoms with E-state index in [1.807, 2.05) is 78.9 Å². The van der Waals surface area contributed by atoms with Crippen LogP contribution in [0.2, 0.25) is 0 Å². The standard InChI is InChI=1S/C40H41NO4/c1-6-16-32(17-7-1)27-42-31-37-39(44-29-34-20-10-3-11-21-34)40(45-30-35-22-12-4-13-23-35)38(43-28-33-18-8-2-9-19-33)26-41(37)36-24-14-5-15-25-36/h1-25,37-40H,26-31H2/t37-,38+,39-,40-/m1/s1. The van der Waals surface area contributed by atoms with Gasteiger partial charge in [-0.05, 0) is 34.4 Å². The Morgan fingerprint density at radius 2 is 0.844 bits per heavy atom. The fourth-order valence-electron chi connectivity index (χ4n) is 5.88. The second-order valence-corrected chi connectivity index (χ2v) is 11.4. The van der Waals surface area contributed by atoms with Crippen LogP contribution in [0.5, 0.6) is 0 Å². The van der Waals surface area contributed by atoms with Gasteiger partial charge < -0.3 is 23.8 Å². The molecule has 4 atom stereocenters. The van der Waals surface area contributed by atoms with Gasteiger partial charge in [-0.15, -0.1) is 0 Å². The number of nitrogens with zero attached hydrogens (tertiary/aromatic N) is 1. The van der Waals surface area contributed by atoms with E-state index in [0.29, 0.717) is 39.6 Å². The van der Waals surface area contributed by atoms with Gasteiger partial charge in [0.2, 0.25) is 0 Å². The van der Waals surface area contributed by atoms with Gasteiger partial charge in [0, 0.05) is 12.2 Å². The molecule has 1 saturated heterocycles. The smallest absolute Gasteiger partial charge is 0.114 e. The van der Waals surface area contributed by atoms with E-state index >= 15 is 0 Å². The molecule has 0 radical (unpaired) electrons. The molecule has 6 rings (SSSR count). The van der Waals surface area contributed by atoms with Crippen molar-refractivity contribution in [2.24, 2.45) is 0 Å². The highest BCUT2D eigenvalue weighted by Crippen LogP contribution is 2.32. The number of rotatable bonds is 14. The lowest BCUT2D eigenvalue weighted by molar-refractivity contribution is -0.174. The summed E-state index contributed by atoms with van der Waals surface area (Å²) in [6.07, 6.45) is -0.914. The molecule has 1 heterocycles. The predicted molar refractivity (Wildman–Crippen MR) is 179 cm³/mol. The molecule has 1 fully saturated rings. The van der Waals surface area contributed by atoms with Gasteiger partial charge in [-0.2, -0.15) is 0 Å². The number of piperidine rings is 1. The number of ether oxygens (including phenoxy) is 4. The number of anilines is 1. The first-order valence-electron chi connectivity index (χ1n) is 15.7. The van der Waals surface area contributed by atoms with Gasteiger partial charge in [-0.25, -0.2) is 0 Å². The lowest BCUT2D eigenvalue weighted by Crippen LogP contribution is -2.65. The fourth-order valence-corrected chi connectivity index (χ4v) is 5.88. The summed E-state index contributed by atoms with van der Waals surface area (Å²) in [5, 5.41) is 0. The van der Waals surface area contributed by atoms with Crippen LogP contribution in [0, 0.1) is 0 Å². The molecule has 5 heteroatoms. The summed E-state index contributed by atoms with van der Waals surface area (Å²) in [5.74, 6) is 0. The van der Waals surface area contributed by atoms with Crippen LogP contribution in [-0.2, 0) is 45.4 Å². The summed E-state index contributed by atoms with van der Waals surface area (Å²) in [5.41, 5.74) is 5.60. The van der Waals surface area contributed by atoms with E-state index in [9.17, 15) is 0 Å². The Hall–Kier alpha value is -4.26. The number of para-hydroxylation sites is 1. The van der Waals surface area contributed by atoms with Gasteiger partial charge in [0.1, 0.15) is 18.3 Å². The molecule has 0 spiro atoms. The van der Waals surface area contributed by atoms with E-state index in [-0.39, 0.29) is 24.4 Å². The van der Waals surface area contributed by atoms with Crippen molar-refractivity contribution in [3.63, 3.8) is 0 Å². The van der Waals surface area contributed by atoms with Crippen LogP contribution in [0.1, 0.15) is 22.3 Å². The molecular formula is C40H41NO4. The highest BCUT2D eigenvalue weighted by atomic mass is 16.6. The second-order valence-electron chi connectivity index (χ2n) is 11.4. The largest absolute Gasteiger partial charge is 0.375 e. The second kappa shape index (κ2) is 16.2. The van der Waals surface area contributed by atoms with E-state index in [0.717, 1.165) is 27.9 Å². The molecule has 5 nitrogen and oxygen atoms in total. The molecule has 5 aromatic rings. The van der Waals surface area contributed by atoms with Crippen molar-refractivity contribution in [2.75, 3.05) is 18.1 Å². The molecule has 0 amide bonds. The minimum atomic E-state index is -0.334. The van der Waals surface area contributed by atoms with Crippen LogP contribution in [0.4, 0.5) is 5.69 Å². The van der Waals surface area contributed by atoms with Crippen LogP contribution in [0.15, 0.2) is 152 Å². The van der Waals surface area contributed by atoms with E-state index in [2.05, 4.69) is 77.7 Å². The Bertz CT molecular complexity index is 1520. The van der Waals surface area contributed by atoms with Gasteiger partial charge in [0.05, 0.1) is 39.1 Å². The molecule has 0 N–H and O–H groups in total. The van der Waals surface area contributed by atoms with E-state index in [4.69, 9.17) is 18.9 Å². The average molecular weight is 600 g/mol. The summed E-state index contributed by atoms with van der Waals surface area (Å²) in [6, 6.07) is 51.7. The first-order chi connectivity index (χ1) is 22.3. The first kappa shape index (κ1) is 30.8. The Kier molecular flexibility index (Phi) is 11.0. The Morgan fingerprint density at radius 1 is 0.444 bits per heavy atom. The van der Waals surface area contributed by atoms with E-state index in [1.165, 1.54) is 0 Å². The van der Waals surface area contributed by atoms with Gasteiger partial charge in [0.15, 0.2) is 0 Å². The molecule has 0 aromatic heterocycles. The number of hydrogen-bond acceptors (Lipinski definition) is 5. The Morgan fingerprint density at radius 3 is 1.33 bits per heavy atom. The zero-order chi connectivity index (χ0) is 30.5. The van der Waals surface area contributed by atoms with Gasteiger partial charge >= 0.3 is 0 Å². The molecule has 0 unspecified atom stereocenters. The van der Waals surface area contributed by atoms with Gasteiger partial charge in [0.25, 0.3) is 0 Å². The zero-order valence-corrected chi connectivity index (χ0v) is 25.6. The summed E-state index contributed by atoms with van der Waals surface area (Å²) < 4.78 is 26.9. The van der Waals surface area contributed by atoms with Crippen LogP contribution in [0.25, 0.3) is 0 Å². The quantitative estimate of drug-likeness (QED) is 0.130. The van der Waals surface area contributed by atoms with Gasteiger partial charge in [-0.1, -0.05) is 140 Å². The van der Waals surface area contributed by atoms with Crippen LogP contribution >= 0.6 is 0 Å². The molecule has 0 aliphatic carbocycles. The van der Waals surface area contributed by atoms with Crippen LogP contribution in [0.3, 0.4) is 0 Å². The van der Waals surface area contributed by atoms with Crippen LogP contribution in [-0.4, -0.2) is 37.5 Å². The normalized spacial score (nSPS) is 19.8. The topological polar surface area (TPSA) is 40.2 Å². The molecule has 45 heavy (non-hydrogen) atoms. The molecular weight excluding hydrogens is 558 g/mol. The Balaban J connectivity index is 1.32. The third kappa shape index (κ3) is 8.68. The minimum absolute atomic E-state index is 0.114. The van der Waals surface area contributed by atoms with E-state index in [1.54, 1.807) is 0 Å². The maximum absolute atomic E-state index is 6.89. The lowest BCUT2D eigenvalue weighted by atomic mass is 9.92. The third-order valence-corrected chi connectivity index (χ3v) is 8.21. The lowest BCUT2D eigenvalue weighted by Gasteiger charge is -2.49. The first-order valence-corrected chi connectivity index (χ1v) is 15.7. The SMILES string of the molecule is c1ccc(COC[C@@H]2[C@@H](OCc3ccccc3)[C@H](OCc3ccccc3)[C@@H](OCc3ccccc3)CN2c2ccccc2)cc1. The highest BCUT2D eigenvalue weighted by Gasteiger charge is 2.46. The fraction of sp³-hybridized carbons (Fsp3) is 0.250. The number of hydrogen-bond donors (Lipinski definition) is 0. The molecule has 1 aliphatic rings. The summed E-state index contributed by atoms with van der Waals surface area (Å²) >= 11 is 0. The van der Waals surface area contributed by atoms with Gasteiger partial charge in [-0.3, -0.25) is 0 Å². The summed E-state index contributed by atoms with van der Waals surface area (Å²) in [7, 11) is 0. The molecule has 0 bridgehead atoms. The van der Waals surface area contributed by atoms with Crippen molar-refractivity contribution in [1.29, 1.82) is 0 Å². The van der Waals surface area contributed by atoms with Crippen molar-refractivity contribution in [1.82, 2.24) is 0 Å². The van der Waals surface area contributed by atoms with Crippen molar-refractivity contribution in [2.45, 2.75) is 50.8 Å². The zero-order valence-electron chi connectivity index (χ0n) is 25.6. The highest BCUT2D eigenvalue weighted by molar-refractivity contribution is 5.49. The molecule has 0 saturated carbocycles. The summed E-state index contributed by atoms with van der Waals surface area (Å²) in [4.78, 5) is 2.39. The molecule has 230 valence electrons. The predicted octanol–water partition coefficient (Wildman–Crippen LogP) is 7.85. The molecule has 5 aromatic carbocycles. The maximum atomic E-state index is 6.89. The Labute approximate surface area is 267 Å². The summed E-state index contributed by atoms with van der Waals surface area (Å²) in [6.45, 7) is 3.04.